The molecule has 0 bridgehead atoms. The van der Waals surface area contributed by atoms with E-state index in [1.807, 2.05) is 24.3 Å². The molecule has 3 rings (SSSR count). The zero-order valence-corrected chi connectivity index (χ0v) is 12.1. The lowest BCUT2D eigenvalue weighted by molar-refractivity contribution is -0.125. The minimum atomic E-state index is -0.944. The molecule has 1 amide bonds. The highest BCUT2D eigenvalue weighted by atomic mass is 32.1. The van der Waals surface area contributed by atoms with Gasteiger partial charge in [-0.1, -0.05) is 12.1 Å². The SMILES string of the molecule is C[C@H](OC(=O)c1cc2c(s1)-c1ccccc1OC2)C(N)=O. The van der Waals surface area contributed by atoms with Crippen molar-refractivity contribution in [1.82, 2.24) is 0 Å². The van der Waals surface area contributed by atoms with Crippen molar-refractivity contribution < 1.29 is 19.1 Å². The Hall–Kier alpha value is -2.34. The molecule has 0 fully saturated rings. The molecule has 0 saturated heterocycles. The number of hydrogen-bond acceptors (Lipinski definition) is 5. The fourth-order valence-electron chi connectivity index (χ4n) is 2.08. The number of hydrogen-bond donors (Lipinski definition) is 1. The van der Waals surface area contributed by atoms with Gasteiger partial charge in [0.1, 0.15) is 17.2 Å². The van der Waals surface area contributed by atoms with Crippen LogP contribution in [0.4, 0.5) is 0 Å². The number of fused-ring (bicyclic) bond motifs is 3. The van der Waals surface area contributed by atoms with Crippen LogP contribution in [-0.2, 0) is 16.1 Å². The summed E-state index contributed by atoms with van der Waals surface area (Å²) in [7, 11) is 0. The molecule has 0 spiro atoms. The number of rotatable bonds is 3. The summed E-state index contributed by atoms with van der Waals surface area (Å²) in [5.41, 5.74) is 7.00. The van der Waals surface area contributed by atoms with Gasteiger partial charge in [0.05, 0.1) is 0 Å². The molecule has 0 radical (unpaired) electrons. The highest BCUT2D eigenvalue weighted by molar-refractivity contribution is 7.17. The standard InChI is InChI=1S/C15H13NO4S/c1-8(14(16)17)20-15(18)12-6-9-7-19-11-5-3-2-4-10(11)13(9)21-12/h2-6,8H,7H2,1H3,(H2,16,17)/t8-/m0/s1. The van der Waals surface area contributed by atoms with E-state index in [9.17, 15) is 9.59 Å². The number of nitrogens with two attached hydrogens (primary N) is 1. The molecule has 5 nitrogen and oxygen atoms in total. The molecule has 0 saturated carbocycles. The third kappa shape index (κ3) is 2.50. The van der Waals surface area contributed by atoms with Gasteiger partial charge in [-0.05, 0) is 25.1 Å². The first-order valence-electron chi connectivity index (χ1n) is 6.41. The lowest BCUT2D eigenvalue weighted by Gasteiger charge is -2.16. The molecular formula is C15H13NO4S. The third-order valence-corrected chi connectivity index (χ3v) is 4.40. The predicted octanol–water partition coefficient (Wildman–Crippen LogP) is 2.34. The van der Waals surface area contributed by atoms with Crippen molar-refractivity contribution in [3.8, 4) is 16.2 Å². The van der Waals surface area contributed by atoms with Crippen molar-refractivity contribution in [1.29, 1.82) is 0 Å². The Labute approximate surface area is 125 Å². The smallest absolute Gasteiger partial charge is 0.349 e. The summed E-state index contributed by atoms with van der Waals surface area (Å²) >= 11 is 1.33. The minimum absolute atomic E-state index is 0.418. The van der Waals surface area contributed by atoms with Crippen LogP contribution in [0.2, 0.25) is 0 Å². The van der Waals surface area contributed by atoms with Crippen molar-refractivity contribution >= 4 is 23.2 Å². The quantitative estimate of drug-likeness (QED) is 0.883. The molecule has 0 unspecified atom stereocenters. The van der Waals surface area contributed by atoms with Crippen LogP contribution in [0, 0.1) is 0 Å². The number of primary amides is 1. The fraction of sp³-hybridized carbons (Fsp3) is 0.200. The molecule has 1 aromatic carbocycles. The van der Waals surface area contributed by atoms with E-state index in [4.69, 9.17) is 15.2 Å². The minimum Gasteiger partial charge on any atom is -0.488 e. The molecule has 2 aromatic rings. The molecule has 1 aliphatic heterocycles. The van der Waals surface area contributed by atoms with Crippen LogP contribution in [-0.4, -0.2) is 18.0 Å². The summed E-state index contributed by atoms with van der Waals surface area (Å²) in [4.78, 5) is 24.4. The van der Waals surface area contributed by atoms with Gasteiger partial charge in [0.15, 0.2) is 6.10 Å². The van der Waals surface area contributed by atoms with Crippen LogP contribution < -0.4 is 10.5 Å². The average Bonchev–Trinajstić information content (AvgIpc) is 2.91. The van der Waals surface area contributed by atoms with E-state index < -0.39 is 18.0 Å². The lowest BCUT2D eigenvalue weighted by atomic mass is 10.1. The van der Waals surface area contributed by atoms with Gasteiger partial charge in [-0.25, -0.2) is 4.79 Å². The molecule has 21 heavy (non-hydrogen) atoms. The van der Waals surface area contributed by atoms with E-state index in [0.29, 0.717) is 11.5 Å². The number of ether oxygens (including phenoxy) is 2. The number of esters is 1. The van der Waals surface area contributed by atoms with Crippen LogP contribution in [0.5, 0.6) is 5.75 Å². The van der Waals surface area contributed by atoms with Gasteiger partial charge in [0.2, 0.25) is 0 Å². The van der Waals surface area contributed by atoms with Crippen molar-refractivity contribution in [2.45, 2.75) is 19.6 Å². The fourth-order valence-corrected chi connectivity index (χ4v) is 3.16. The van der Waals surface area contributed by atoms with Gasteiger partial charge in [-0.2, -0.15) is 0 Å². The van der Waals surface area contributed by atoms with Crippen molar-refractivity contribution in [2.24, 2.45) is 5.73 Å². The zero-order valence-electron chi connectivity index (χ0n) is 11.3. The van der Waals surface area contributed by atoms with E-state index >= 15 is 0 Å². The van der Waals surface area contributed by atoms with Crippen LogP contribution in [0.3, 0.4) is 0 Å². The summed E-state index contributed by atoms with van der Waals surface area (Å²) in [6, 6.07) is 9.41. The Morgan fingerprint density at radius 2 is 2.14 bits per heavy atom. The van der Waals surface area contributed by atoms with Gasteiger partial charge in [0, 0.05) is 16.0 Å². The van der Waals surface area contributed by atoms with Crippen molar-refractivity contribution in [2.75, 3.05) is 0 Å². The summed E-state index contributed by atoms with van der Waals surface area (Å²) in [5.74, 6) is -0.409. The molecule has 6 heteroatoms. The second kappa shape index (κ2) is 5.21. The Morgan fingerprint density at radius 1 is 1.38 bits per heavy atom. The van der Waals surface area contributed by atoms with Crippen LogP contribution in [0.15, 0.2) is 30.3 Å². The van der Waals surface area contributed by atoms with E-state index in [0.717, 1.165) is 21.8 Å². The second-order valence-electron chi connectivity index (χ2n) is 4.70. The Balaban J connectivity index is 1.90. The summed E-state index contributed by atoms with van der Waals surface area (Å²) in [6.07, 6.45) is -0.944. The van der Waals surface area contributed by atoms with Crippen molar-refractivity contribution in [3.63, 3.8) is 0 Å². The second-order valence-corrected chi connectivity index (χ2v) is 5.75. The highest BCUT2D eigenvalue weighted by Gasteiger charge is 2.24. The molecular weight excluding hydrogens is 290 g/mol. The van der Waals surface area contributed by atoms with Gasteiger partial charge in [0.25, 0.3) is 5.91 Å². The van der Waals surface area contributed by atoms with Gasteiger partial charge in [-0.3, -0.25) is 4.79 Å². The van der Waals surface area contributed by atoms with E-state index in [-0.39, 0.29) is 0 Å². The molecule has 1 aliphatic rings. The van der Waals surface area contributed by atoms with Gasteiger partial charge >= 0.3 is 5.97 Å². The molecule has 2 N–H and O–H groups in total. The first-order valence-corrected chi connectivity index (χ1v) is 7.23. The molecule has 1 atom stereocenters. The largest absolute Gasteiger partial charge is 0.488 e. The summed E-state index contributed by atoms with van der Waals surface area (Å²) < 4.78 is 10.7. The van der Waals surface area contributed by atoms with Crippen LogP contribution >= 0.6 is 11.3 Å². The topological polar surface area (TPSA) is 78.6 Å². The maximum Gasteiger partial charge on any atom is 0.349 e. The molecule has 0 aliphatic carbocycles. The number of benzene rings is 1. The van der Waals surface area contributed by atoms with E-state index in [1.165, 1.54) is 18.3 Å². The molecule has 1 aromatic heterocycles. The predicted molar refractivity (Wildman–Crippen MR) is 78.2 cm³/mol. The van der Waals surface area contributed by atoms with Crippen LogP contribution in [0.1, 0.15) is 22.2 Å². The van der Waals surface area contributed by atoms with Crippen LogP contribution in [0.25, 0.3) is 10.4 Å². The molecule has 108 valence electrons. The van der Waals surface area contributed by atoms with E-state index in [1.54, 1.807) is 6.07 Å². The highest BCUT2D eigenvalue weighted by Crippen LogP contribution is 2.42. The summed E-state index contributed by atoms with van der Waals surface area (Å²) in [5, 5.41) is 0. The zero-order chi connectivity index (χ0) is 15.0. The normalized spacial score (nSPS) is 13.6. The van der Waals surface area contributed by atoms with Gasteiger partial charge in [-0.15, -0.1) is 11.3 Å². The maximum atomic E-state index is 12.0. The Morgan fingerprint density at radius 3 is 2.90 bits per heavy atom. The first kappa shape index (κ1) is 13.6. The average molecular weight is 303 g/mol. The third-order valence-electron chi connectivity index (χ3n) is 3.21. The number of amides is 1. The number of carbonyl (C=O) groups is 2. The number of para-hydroxylation sites is 1. The van der Waals surface area contributed by atoms with E-state index in [2.05, 4.69) is 0 Å². The Kier molecular flexibility index (Phi) is 3.39. The number of thiophene rings is 1. The molecule has 2 heterocycles. The monoisotopic (exact) mass is 303 g/mol. The Bertz CT molecular complexity index is 722. The maximum absolute atomic E-state index is 12.0. The number of carbonyl (C=O) groups excluding carboxylic acids is 2. The van der Waals surface area contributed by atoms with Crippen molar-refractivity contribution in [3.05, 3.63) is 40.8 Å². The van der Waals surface area contributed by atoms with Gasteiger partial charge < -0.3 is 15.2 Å². The lowest BCUT2D eigenvalue weighted by Crippen LogP contribution is -2.30. The summed E-state index contributed by atoms with van der Waals surface area (Å²) in [6.45, 7) is 1.87. The first-order chi connectivity index (χ1) is 10.1.